The van der Waals surface area contributed by atoms with Crippen LogP contribution in [0, 0.1) is 11.8 Å². The summed E-state index contributed by atoms with van der Waals surface area (Å²) in [4.78, 5) is 11.0. The van der Waals surface area contributed by atoms with Gasteiger partial charge in [-0.15, -0.1) is 0 Å². The average molecular weight is 176 g/mol. The minimum atomic E-state index is -1.05. The molecular formula is C7H13FN2O2. The first-order valence-electron chi connectivity index (χ1n) is 3.63. The zero-order chi connectivity index (χ0) is 9.72. The van der Waals surface area contributed by atoms with Crippen LogP contribution in [-0.4, -0.2) is 24.1 Å². The van der Waals surface area contributed by atoms with Gasteiger partial charge in [0.2, 0.25) is 11.9 Å². The van der Waals surface area contributed by atoms with E-state index in [1.807, 2.05) is 0 Å². The average Bonchev–Trinajstić information content (AvgIpc) is 2.03. The Hall–Kier alpha value is -1.13. The van der Waals surface area contributed by atoms with E-state index in [4.69, 9.17) is 5.21 Å². The second-order valence-electron chi connectivity index (χ2n) is 2.76. The first kappa shape index (κ1) is 10.9. The van der Waals surface area contributed by atoms with E-state index in [1.54, 1.807) is 13.8 Å². The summed E-state index contributed by atoms with van der Waals surface area (Å²) in [5.41, 5.74) is 0. The molecule has 1 atom stereocenters. The van der Waals surface area contributed by atoms with Crippen LogP contribution in [0.15, 0.2) is 5.16 Å². The van der Waals surface area contributed by atoms with Crippen molar-refractivity contribution in [1.82, 2.24) is 5.32 Å². The largest absolute Gasteiger partial charge is 0.409 e. The Morgan fingerprint density at radius 1 is 1.58 bits per heavy atom. The van der Waals surface area contributed by atoms with Crippen molar-refractivity contribution >= 4 is 11.9 Å². The number of amides is 1. The molecule has 0 rings (SSSR count). The van der Waals surface area contributed by atoms with E-state index in [2.05, 4.69) is 10.5 Å². The van der Waals surface area contributed by atoms with Crippen LogP contribution in [0.25, 0.3) is 0 Å². The molecule has 5 heteroatoms. The molecule has 0 aromatic carbocycles. The lowest BCUT2D eigenvalue weighted by atomic mass is 9.95. The van der Waals surface area contributed by atoms with Gasteiger partial charge in [0.25, 0.3) is 0 Å². The number of carbonyl (C=O) groups excluding carboxylic acids is 1. The second-order valence-corrected chi connectivity index (χ2v) is 2.76. The van der Waals surface area contributed by atoms with Crippen molar-refractivity contribution in [1.29, 1.82) is 0 Å². The molecule has 0 bridgehead atoms. The van der Waals surface area contributed by atoms with Gasteiger partial charge in [-0.2, -0.15) is 4.39 Å². The van der Waals surface area contributed by atoms with Gasteiger partial charge >= 0.3 is 0 Å². The lowest BCUT2D eigenvalue weighted by molar-refractivity contribution is -0.123. The maximum absolute atomic E-state index is 12.7. The number of hydrogen-bond acceptors (Lipinski definition) is 3. The van der Waals surface area contributed by atoms with Crippen molar-refractivity contribution in [2.45, 2.75) is 13.8 Å². The normalized spacial score (nSPS) is 14.6. The molecule has 1 amide bonds. The maximum atomic E-state index is 12.7. The first-order chi connectivity index (χ1) is 5.54. The molecule has 0 aromatic heterocycles. The molecule has 0 aromatic rings. The molecule has 0 aliphatic rings. The number of rotatable bonds is 3. The summed E-state index contributed by atoms with van der Waals surface area (Å²) in [5, 5.41) is 12.8. The number of nitrogens with zero attached hydrogens (tertiary/aromatic N) is 1. The molecule has 0 saturated heterocycles. The van der Waals surface area contributed by atoms with Crippen molar-refractivity contribution in [2.75, 3.05) is 7.05 Å². The number of carbonyl (C=O) groups is 1. The Kier molecular flexibility index (Phi) is 4.25. The predicted molar refractivity (Wildman–Crippen MR) is 42.7 cm³/mol. The van der Waals surface area contributed by atoms with Gasteiger partial charge in [-0.05, 0) is 5.92 Å². The van der Waals surface area contributed by atoms with Gasteiger partial charge in [0, 0.05) is 7.05 Å². The van der Waals surface area contributed by atoms with Gasteiger partial charge in [-0.25, -0.2) is 0 Å². The van der Waals surface area contributed by atoms with Crippen molar-refractivity contribution in [3.05, 3.63) is 0 Å². The highest BCUT2D eigenvalue weighted by Gasteiger charge is 2.27. The van der Waals surface area contributed by atoms with Gasteiger partial charge in [0.05, 0.1) is 0 Å². The molecule has 0 spiro atoms. The summed E-state index contributed by atoms with van der Waals surface area (Å²) in [7, 11) is 1.41. The summed E-state index contributed by atoms with van der Waals surface area (Å²) in [5.74, 6) is -2.77. The molecule has 1 unspecified atom stereocenters. The van der Waals surface area contributed by atoms with Gasteiger partial charge in [0.1, 0.15) is 5.92 Å². The Morgan fingerprint density at radius 3 is 2.33 bits per heavy atom. The number of oxime groups is 1. The van der Waals surface area contributed by atoms with E-state index in [9.17, 15) is 9.18 Å². The quantitative estimate of drug-likeness (QED) is 0.379. The third kappa shape index (κ3) is 2.48. The fourth-order valence-electron chi connectivity index (χ4n) is 0.904. The minimum Gasteiger partial charge on any atom is -0.409 e. The predicted octanol–water partition coefficient (Wildman–Crippen LogP) is 0.762. The molecule has 70 valence electrons. The molecule has 0 saturated carbocycles. The van der Waals surface area contributed by atoms with E-state index in [0.717, 1.165) is 0 Å². The van der Waals surface area contributed by atoms with Crippen molar-refractivity contribution in [2.24, 2.45) is 17.0 Å². The molecule has 2 N–H and O–H groups in total. The zero-order valence-electron chi connectivity index (χ0n) is 7.34. The number of nitrogens with one attached hydrogen (secondary N) is 1. The maximum Gasteiger partial charge on any atom is 0.239 e. The summed E-state index contributed by atoms with van der Waals surface area (Å²) in [6.07, 6.45) is 0. The van der Waals surface area contributed by atoms with Crippen LogP contribution in [0.4, 0.5) is 4.39 Å². The van der Waals surface area contributed by atoms with Crippen LogP contribution in [0.3, 0.4) is 0 Å². The number of halogens is 1. The Bertz CT molecular complexity index is 192. The SMILES string of the molecule is CNC(=O)C(C(F)=NO)C(C)C. The second kappa shape index (κ2) is 4.69. The Morgan fingerprint density at radius 2 is 2.08 bits per heavy atom. The van der Waals surface area contributed by atoms with Gasteiger partial charge in [-0.1, -0.05) is 19.0 Å². The Balaban J connectivity index is 4.55. The van der Waals surface area contributed by atoms with Crippen molar-refractivity contribution in [3.63, 3.8) is 0 Å². The molecule has 0 aliphatic carbocycles. The van der Waals surface area contributed by atoms with Crippen molar-refractivity contribution < 1.29 is 14.4 Å². The molecule has 0 fully saturated rings. The van der Waals surface area contributed by atoms with Crippen LogP contribution in [0.2, 0.25) is 0 Å². The van der Waals surface area contributed by atoms with Crippen LogP contribution in [0.5, 0.6) is 0 Å². The van der Waals surface area contributed by atoms with E-state index in [0.29, 0.717) is 0 Å². The standard InChI is InChI=1S/C7H13FN2O2/c1-4(2)5(6(8)10-12)7(11)9-3/h4-5,12H,1-3H3,(H,9,11). The summed E-state index contributed by atoms with van der Waals surface area (Å²) >= 11 is 0. The highest BCUT2D eigenvalue weighted by atomic mass is 19.1. The van der Waals surface area contributed by atoms with E-state index >= 15 is 0 Å². The topological polar surface area (TPSA) is 61.7 Å². The van der Waals surface area contributed by atoms with Crippen molar-refractivity contribution in [3.8, 4) is 0 Å². The number of hydrogen-bond donors (Lipinski definition) is 2. The first-order valence-corrected chi connectivity index (χ1v) is 3.63. The highest BCUT2D eigenvalue weighted by Crippen LogP contribution is 2.13. The monoisotopic (exact) mass is 176 g/mol. The molecule has 12 heavy (non-hydrogen) atoms. The van der Waals surface area contributed by atoms with E-state index in [-0.39, 0.29) is 5.92 Å². The van der Waals surface area contributed by atoms with E-state index < -0.39 is 17.8 Å². The fourth-order valence-corrected chi connectivity index (χ4v) is 0.904. The molecular weight excluding hydrogens is 163 g/mol. The lowest BCUT2D eigenvalue weighted by Gasteiger charge is -2.14. The molecule has 0 heterocycles. The molecule has 4 nitrogen and oxygen atoms in total. The minimum absolute atomic E-state index is 0.235. The third-order valence-electron chi connectivity index (χ3n) is 1.55. The van der Waals surface area contributed by atoms with Crippen LogP contribution < -0.4 is 5.32 Å². The lowest BCUT2D eigenvalue weighted by Crippen LogP contribution is -2.35. The van der Waals surface area contributed by atoms with E-state index in [1.165, 1.54) is 7.05 Å². The summed E-state index contributed by atoms with van der Waals surface area (Å²) < 4.78 is 12.7. The molecule has 0 radical (unpaired) electrons. The van der Waals surface area contributed by atoms with Crippen LogP contribution >= 0.6 is 0 Å². The van der Waals surface area contributed by atoms with Crippen LogP contribution in [0.1, 0.15) is 13.8 Å². The van der Waals surface area contributed by atoms with Gasteiger partial charge < -0.3 is 10.5 Å². The summed E-state index contributed by atoms with van der Waals surface area (Å²) in [6.45, 7) is 3.34. The third-order valence-corrected chi connectivity index (χ3v) is 1.55. The van der Waals surface area contributed by atoms with Crippen LogP contribution in [-0.2, 0) is 4.79 Å². The summed E-state index contributed by atoms with van der Waals surface area (Å²) in [6, 6.07) is 0. The van der Waals surface area contributed by atoms with Gasteiger partial charge in [0.15, 0.2) is 0 Å². The Labute approximate surface area is 70.4 Å². The highest BCUT2D eigenvalue weighted by molar-refractivity contribution is 5.99. The zero-order valence-corrected chi connectivity index (χ0v) is 7.34. The fraction of sp³-hybridized carbons (Fsp3) is 0.714. The molecule has 0 aliphatic heterocycles. The smallest absolute Gasteiger partial charge is 0.239 e. The van der Waals surface area contributed by atoms with Gasteiger partial charge in [-0.3, -0.25) is 4.79 Å².